The van der Waals surface area contributed by atoms with Crippen molar-refractivity contribution in [1.29, 1.82) is 0 Å². The summed E-state index contributed by atoms with van der Waals surface area (Å²) in [6.07, 6.45) is 0.901. The molecule has 2 aromatic rings. The first kappa shape index (κ1) is 18.4. The third-order valence-electron chi connectivity index (χ3n) is 3.39. The lowest BCUT2D eigenvalue weighted by atomic mass is 10.1. The van der Waals surface area contributed by atoms with E-state index >= 15 is 0 Å². The van der Waals surface area contributed by atoms with Crippen LogP contribution in [0.25, 0.3) is 0 Å². The topological polar surface area (TPSA) is 70.0 Å². The fourth-order valence-corrected chi connectivity index (χ4v) is 2.98. The number of halogens is 1. The van der Waals surface area contributed by atoms with Crippen molar-refractivity contribution < 1.29 is 19.7 Å². The molecular formula is C17H18ClNO4S. The highest BCUT2D eigenvalue weighted by Crippen LogP contribution is 2.33. The van der Waals surface area contributed by atoms with Crippen molar-refractivity contribution in [3.05, 3.63) is 52.5 Å². The third kappa shape index (κ3) is 4.56. The maximum atomic E-state index is 11.1. The van der Waals surface area contributed by atoms with Crippen molar-refractivity contribution in [1.82, 2.24) is 4.90 Å². The molecule has 128 valence electrons. The second-order valence-electron chi connectivity index (χ2n) is 5.14. The SMILES string of the molecule is CSc1ccc(Oc2ccc(CO)cc2CN(C)C(=O)O)cc1Cl. The molecule has 2 rings (SSSR count). The number of carbonyl (C=O) groups is 1. The molecule has 0 atom stereocenters. The molecule has 7 heteroatoms. The largest absolute Gasteiger partial charge is 0.465 e. The molecule has 2 N–H and O–H groups in total. The van der Waals surface area contributed by atoms with Gasteiger partial charge in [0.25, 0.3) is 0 Å². The van der Waals surface area contributed by atoms with E-state index in [0.29, 0.717) is 27.6 Å². The van der Waals surface area contributed by atoms with Crippen LogP contribution in [0, 0.1) is 0 Å². The van der Waals surface area contributed by atoms with Gasteiger partial charge in [0.15, 0.2) is 0 Å². The van der Waals surface area contributed by atoms with Crippen molar-refractivity contribution in [2.75, 3.05) is 13.3 Å². The van der Waals surface area contributed by atoms with Crippen LogP contribution >= 0.6 is 23.4 Å². The van der Waals surface area contributed by atoms with Gasteiger partial charge in [-0.25, -0.2) is 4.79 Å². The Morgan fingerprint density at radius 2 is 2.04 bits per heavy atom. The molecular weight excluding hydrogens is 350 g/mol. The molecule has 0 spiro atoms. The molecule has 0 aliphatic heterocycles. The third-order valence-corrected chi connectivity index (χ3v) is 4.61. The lowest BCUT2D eigenvalue weighted by Gasteiger charge is -2.17. The number of rotatable bonds is 6. The molecule has 0 aromatic heterocycles. The van der Waals surface area contributed by atoms with E-state index in [9.17, 15) is 9.90 Å². The molecule has 1 amide bonds. The fourth-order valence-electron chi connectivity index (χ4n) is 2.11. The lowest BCUT2D eigenvalue weighted by Crippen LogP contribution is -2.24. The minimum absolute atomic E-state index is 0.127. The van der Waals surface area contributed by atoms with Crippen LogP contribution in [0.5, 0.6) is 11.5 Å². The minimum Gasteiger partial charge on any atom is -0.465 e. The van der Waals surface area contributed by atoms with Gasteiger partial charge in [-0.05, 0) is 36.1 Å². The predicted molar refractivity (Wildman–Crippen MR) is 95.2 cm³/mol. The molecule has 0 aliphatic rings. The van der Waals surface area contributed by atoms with Crippen LogP contribution in [0.4, 0.5) is 4.79 Å². The van der Waals surface area contributed by atoms with E-state index in [1.54, 1.807) is 36.0 Å². The van der Waals surface area contributed by atoms with E-state index in [1.165, 1.54) is 7.05 Å². The normalized spacial score (nSPS) is 10.5. The number of hydrogen-bond donors (Lipinski definition) is 2. The Labute approximate surface area is 149 Å². The second kappa shape index (κ2) is 8.28. The van der Waals surface area contributed by atoms with Crippen LogP contribution in [0.1, 0.15) is 11.1 Å². The highest BCUT2D eigenvalue weighted by Gasteiger charge is 2.13. The number of carboxylic acid groups (broad SMARTS) is 1. The first-order valence-corrected chi connectivity index (χ1v) is 8.73. The Balaban J connectivity index is 2.31. The summed E-state index contributed by atoms with van der Waals surface area (Å²) < 4.78 is 5.88. The number of benzene rings is 2. The van der Waals surface area contributed by atoms with Crippen LogP contribution in [0.3, 0.4) is 0 Å². The monoisotopic (exact) mass is 367 g/mol. The van der Waals surface area contributed by atoms with Gasteiger partial charge in [0.1, 0.15) is 11.5 Å². The number of hydrogen-bond acceptors (Lipinski definition) is 4. The molecule has 0 fully saturated rings. The van der Waals surface area contributed by atoms with Crippen molar-refractivity contribution >= 4 is 29.5 Å². The number of thioether (sulfide) groups is 1. The number of ether oxygens (including phenoxy) is 1. The van der Waals surface area contributed by atoms with Crippen LogP contribution in [-0.4, -0.2) is 34.5 Å². The maximum Gasteiger partial charge on any atom is 0.407 e. The molecule has 0 heterocycles. The molecule has 0 aliphatic carbocycles. The lowest BCUT2D eigenvalue weighted by molar-refractivity contribution is 0.153. The van der Waals surface area contributed by atoms with E-state index in [-0.39, 0.29) is 13.2 Å². The number of amides is 1. The summed E-state index contributed by atoms with van der Waals surface area (Å²) in [6, 6.07) is 10.6. The Morgan fingerprint density at radius 1 is 1.29 bits per heavy atom. The number of nitrogens with zero attached hydrogens (tertiary/aromatic N) is 1. The van der Waals surface area contributed by atoms with E-state index in [4.69, 9.17) is 21.4 Å². The zero-order chi connectivity index (χ0) is 17.7. The number of aliphatic hydroxyl groups excluding tert-OH is 1. The van der Waals surface area contributed by atoms with Gasteiger partial charge in [0.2, 0.25) is 0 Å². The van der Waals surface area contributed by atoms with Gasteiger partial charge in [-0.1, -0.05) is 17.7 Å². The van der Waals surface area contributed by atoms with E-state index in [1.807, 2.05) is 18.4 Å². The van der Waals surface area contributed by atoms with Gasteiger partial charge >= 0.3 is 6.09 Å². The summed E-state index contributed by atoms with van der Waals surface area (Å²) in [5.74, 6) is 1.09. The Hall–Kier alpha value is -1.89. The Morgan fingerprint density at radius 3 is 2.62 bits per heavy atom. The zero-order valence-electron chi connectivity index (χ0n) is 13.3. The van der Waals surface area contributed by atoms with Gasteiger partial charge in [-0.3, -0.25) is 0 Å². The summed E-state index contributed by atoms with van der Waals surface area (Å²) in [5, 5.41) is 18.9. The Bertz CT molecular complexity index is 739. The molecule has 24 heavy (non-hydrogen) atoms. The van der Waals surface area contributed by atoms with Gasteiger partial charge in [-0.15, -0.1) is 11.8 Å². The molecule has 0 bridgehead atoms. The summed E-state index contributed by atoms with van der Waals surface area (Å²) in [6.45, 7) is 0.0213. The first-order valence-electron chi connectivity index (χ1n) is 7.12. The quantitative estimate of drug-likeness (QED) is 0.738. The average Bonchev–Trinajstić information content (AvgIpc) is 2.56. The highest BCUT2D eigenvalue weighted by molar-refractivity contribution is 7.98. The fraction of sp³-hybridized carbons (Fsp3) is 0.235. The average molecular weight is 368 g/mol. The zero-order valence-corrected chi connectivity index (χ0v) is 14.9. The maximum absolute atomic E-state index is 11.1. The van der Waals surface area contributed by atoms with E-state index < -0.39 is 6.09 Å². The van der Waals surface area contributed by atoms with Crippen LogP contribution in [-0.2, 0) is 13.2 Å². The molecule has 2 aromatic carbocycles. The van der Waals surface area contributed by atoms with Gasteiger partial charge in [-0.2, -0.15) is 0 Å². The molecule has 5 nitrogen and oxygen atoms in total. The van der Waals surface area contributed by atoms with Crippen molar-refractivity contribution in [2.24, 2.45) is 0 Å². The Kier molecular flexibility index (Phi) is 6.36. The van der Waals surface area contributed by atoms with Gasteiger partial charge < -0.3 is 19.8 Å². The van der Waals surface area contributed by atoms with Crippen molar-refractivity contribution in [3.8, 4) is 11.5 Å². The summed E-state index contributed by atoms with van der Waals surface area (Å²) in [5.41, 5.74) is 1.35. The molecule has 0 saturated heterocycles. The van der Waals surface area contributed by atoms with Crippen LogP contribution in [0.15, 0.2) is 41.3 Å². The molecule has 0 unspecified atom stereocenters. The smallest absolute Gasteiger partial charge is 0.407 e. The van der Waals surface area contributed by atoms with Gasteiger partial charge in [0.05, 0.1) is 18.2 Å². The van der Waals surface area contributed by atoms with Crippen LogP contribution in [0.2, 0.25) is 5.02 Å². The minimum atomic E-state index is -1.04. The van der Waals surface area contributed by atoms with Gasteiger partial charge in [0, 0.05) is 23.6 Å². The summed E-state index contributed by atoms with van der Waals surface area (Å²) in [7, 11) is 1.47. The summed E-state index contributed by atoms with van der Waals surface area (Å²) >= 11 is 7.73. The second-order valence-corrected chi connectivity index (χ2v) is 6.39. The van der Waals surface area contributed by atoms with Crippen molar-refractivity contribution in [2.45, 2.75) is 18.0 Å². The van der Waals surface area contributed by atoms with Crippen molar-refractivity contribution in [3.63, 3.8) is 0 Å². The highest BCUT2D eigenvalue weighted by atomic mass is 35.5. The molecule has 0 radical (unpaired) electrons. The first-order chi connectivity index (χ1) is 11.4. The number of aliphatic hydroxyl groups is 1. The van der Waals surface area contributed by atoms with E-state index in [0.717, 1.165) is 9.80 Å². The van der Waals surface area contributed by atoms with E-state index in [2.05, 4.69) is 0 Å². The molecule has 0 saturated carbocycles. The van der Waals surface area contributed by atoms with Crippen LogP contribution < -0.4 is 4.74 Å². The predicted octanol–water partition coefficient (Wildman–Crippen LogP) is 4.46. The summed E-state index contributed by atoms with van der Waals surface area (Å²) in [4.78, 5) is 13.2. The standard InChI is InChI=1S/C17H18ClNO4S/c1-19(17(21)22)9-12-7-11(10-20)3-5-15(12)23-13-4-6-16(24-2)14(18)8-13/h3-8,20H,9-10H2,1-2H3,(H,21,22).